The van der Waals surface area contributed by atoms with E-state index in [1.165, 1.54) is 0 Å². The third kappa shape index (κ3) is 24.7. The molecular weight excluding hydrogens is 370 g/mol. The average molecular weight is 397 g/mol. The van der Waals surface area contributed by atoms with E-state index in [0.717, 1.165) is 0 Å². The molecule has 0 spiro atoms. The van der Waals surface area contributed by atoms with Gasteiger partial charge in [-0.2, -0.15) is 0 Å². The summed E-state index contributed by atoms with van der Waals surface area (Å²) in [5.74, 6) is 0. The molecule has 0 saturated carbocycles. The second-order valence-corrected chi connectivity index (χ2v) is 1.87. The van der Waals surface area contributed by atoms with E-state index >= 15 is 0 Å². The van der Waals surface area contributed by atoms with Gasteiger partial charge in [-0.05, 0) is 0 Å². The summed E-state index contributed by atoms with van der Waals surface area (Å²) in [7, 11) is -5.20. The summed E-state index contributed by atoms with van der Waals surface area (Å²) < 4.78 is 22.6. The van der Waals surface area contributed by atoms with Crippen LogP contribution in [0.2, 0.25) is 0 Å². The van der Waals surface area contributed by atoms with E-state index in [2.05, 4.69) is 22.9 Å². The van der Waals surface area contributed by atoms with E-state index in [1.54, 1.807) is 0 Å². The van der Waals surface area contributed by atoms with Crippen molar-refractivity contribution in [2.45, 2.75) is 0 Å². The second kappa shape index (κ2) is 38.8. The molecule has 2 saturated heterocycles. The Morgan fingerprint density at radius 2 is 0.542 bits per heavy atom. The Bertz CT molecular complexity index is 127. The number of fused-ring (bicyclic) bond motifs is 2. The van der Waals surface area contributed by atoms with Gasteiger partial charge in [0.05, 0.1) is 0 Å². The first-order valence-electron chi connectivity index (χ1n) is 2.87. The molecule has 0 radical (unpaired) electrons. The maximum atomic E-state index is 8.74. The Morgan fingerprint density at radius 3 is 0.708 bits per heavy atom. The van der Waals surface area contributed by atoms with E-state index in [1.807, 2.05) is 0 Å². The molecule has 2 aliphatic rings. The molecule has 154 valence electrons. The molecule has 0 aliphatic carbocycles. The summed E-state index contributed by atoms with van der Waals surface area (Å²) in [5, 5.41) is 17.5. The van der Waals surface area contributed by atoms with Crippen LogP contribution in [-0.2, 0) is 22.9 Å². The van der Waals surface area contributed by atoms with Gasteiger partial charge < -0.3 is 98.6 Å². The van der Waals surface area contributed by atoms with Gasteiger partial charge in [-0.1, -0.05) is 0 Å². The van der Waals surface area contributed by atoms with Crippen molar-refractivity contribution in [3.8, 4) is 0 Å². The Labute approximate surface area is 157 Å². The van der Waals surface area contributed by atoms with Crippen LogP contribution in [0, 0.1) is 0 Å². The van der Waals surface area contributed by atoms with Crippen LogP contribution in [0.3, 0.4) is 0 Å². The van der Waals surface area contributed by atoms with E-state index in [4.69, 9.17) is 10.0 Å². The summed E-state index contributed by atoms with van der Waals surface area (Å²) in [6, 6.07) is 0. The van der Waals surface area contributed by atoms with Crippen LogP contribution >= 0.6 is 0 Å². The molecule has 24 heteroatoms. The van der Waals surface area contributed by atoms with Gasteiger partial charge in [0.2, 0.25) is 0 Å². The molecule has 19 nitrogen and oxygen atoms in total. The third-order valence-electron chi connectivity index (χ3n) is 1.13. The van der Waals surface area contributed by atoms with E-state index < -0.39 is 29.3 Å². The zero-order valence-corrected chi connectivity index (χ0v) is 11.2. The zero-order chi connectivity index (χ0) is 7.84. The van der Waals surface area contributed by atoms with Gasteiger partial charge in [0.15, 0.2) is 0 Å². The van der Waals surface area contributed by atoms with Gasteiger partial charge in [0.1, 0.15) is 0 Å². The van der Waals surface area contributed by atoms with Crippen LogP contribution in [0.25, 0.3) is 0 Å². The van der Waals surface area contributed by atoms with Crippen LogP contribution in [0.4, 0.5) is 0 Å². The molecular formula is H27B4NaO19. The Kier molecular flexibility index (Phi) is 140. The molecule has 0 unspecified atom stereocenters. The van der Waals surface area contributed by atoms with E-state index in [-0.39, 0.29) is 95.3 Å². The minimum absolute atomic E-state index is 0. The van der Waals surface area contributed by atoms with Crippen LogP contribution in [0.5, 0.6) is 0 Å². The Morgan fingerprint density at radius 1 is 0.375 bits per heavy atom. The predicted molar refractivity (Wildman–Crippen MR) is 83.4 cm³/mol. The van der Waals surface area contributed by atoms with Crippen LogP contribution in [0.15, 0.2) is 0 Å². The second-order valence-electron chi connectivity index (χ2n) is 1.87. The summed E-state index contributed by atoms with van der Waals surface area (Å²) in [4.78, 5) is 0. The molecule has 0 atom stereocenters. The Hall–Kier alpha value is 0.500. The van der Waals surface area contributed by atoms with E-state index in [9.17, 15) is 0 Å². The molecule has 0 aromatic rings. The molecule has 0 amide bonds. The van der Waals surface area contributed by atoms with Gasteiger partial charge in [0, 0.05) is 0 Å². The summed E-state index contributed by atoms with van der Waals surface area (Å²) in [5.41, 5.74) is 0. The number of hydrogen-bond acceptors (Lipinski definition) is 7. The van der Waals surface area contributed by atoms with Crippen LogP contribution in [-0.4, -0.2) is 135 Å². The molecule has 2 bridgehead atoms. The molecule has 2 heterocycles. The van der Waals surface area contributed by atoms with Gasteiger partial charge in [-0.3, -0.25) is 0 Å². The SMILES string of the molecule is O.O.O.O.O.O.O.O.O.O.O.O.OB1OB2OB(O)OB(O1)O2.[NaH]. The molecule has 2 fully saturated rings. The van der Waals surface area contributed by atoms with Crippen LogP contribution < -0.4 is 0 Å². The third-order valence-corrected chi connectivity index (χ3v) is 1.13. The molecule has 0 aromatic carbocycles. The van der Waals surface area contributed by atoms with Crippen molar-refractivity contribution in [2.24, 2.45) is 0 Å². The number of hydrogen-bond donors (Lipinski definition) is 2. The zero-order valence-electron chi connectivity index (χ0n) is 11.2. The molecule has 24 heavy (non-hydrogen) atoms. The monoisotopic (exact) mass is 398 g/mol. The normalized spacial score (nSPS) is 11.2. The number of rotatable bonds is 0. The molecule has 2 aliphatic heterocycles. The van der Waals surface area contributed by atoms with Crippen molar-refractivity contribution in [1.29, 1.82) is 0 Å². The summed E-state index contributed by atoms with van der Waals surface area (Å²) in [6.45, 7) is 0. The van der Waals surface area contributed by atoms with Gasteiger partial charge in [0.25, 0.3) is 0 Å². The summed E-state index contributed by atoms with van der Waals surface area (Å²) >= 11 is 0. The topological polar surface area (TPSA) is 465 Å². The van der Waals surface area contributed by atoms with Crippen molar-refractivity contribution in [3.05, 3.63) is 0 Å². The van der Waals surface area contributed by atoms with Crippen molar-refractivity contribution in [2.75, 3.05) is 0 Å². The maximum absolute atomic E-state index is 8.74. The first-order chi connectivity index (χ1) is 5.24. The van der Waals surface area contributed by atoms with Crippen LogP contribution in [0.1, 0.15) is 0 Å². The first kappa shape index (κ1) is 86.6. The molecule has 2 rings (SSSR count). The van der Waals surface area contributed by atoms with Crippen molar-refractivity contribution in [3.63, 3.8) is 0 Å². The van der Waals surface area contributed by atoms with Gasteiger partial charge in [-0.15, -0.1) is 0 Å². The van der Waals surface area contributed by atoms with E-state index in [0.29, 0.717) is 0 Å². The molecule has 26 N–H and O–H groups in total. The standard InChI is InChI=1S/B4H2O7.Na.12H2O.H/c5-1-7-3-9-2(6)10-4(8-1)11-3;;;;;;;;;;;;;;/h5-6H;;12*1H2;. The van der Waals surface area contributed by atoms with Gasteiger partial charge in [-0.25, -0.2) is 0 Å². The summed E-state index contributed by atoms with van der Waals surface area (Å²) in [6.07, 6.45) is 0. The predicted octanol–water partition coefficient (Wildman–Crippen LogP) is -13.5. The van der Waals surface area contributed by atoms with Crippen molar-refractivity contribution in [1.82, 2.24) is 0 Å². The fourth-order valence-electron chi connectivity index (χ4n) is 0.728. The fourth-order valence-corrected chi connectivity index (χ4v) is 0.728. The first-order valence-corrected chi connectivity index (χ1v) is 2.87. The van der Waals surface area contributed by atoms with Crippen molar-refractivity contribution < 1.29 is 98.6 Å². The average Bonchev–Trinajstić information content (AvgIpc) is 1.82. The van der Waals surface area contributed by atoms with Gasteiger partial charge >= 0.3 is 58.8 Å². The Balaban J connectivity index is -0.0000000111. The minimum atomic E-state index is -1.45. The quantitative estimate of drug-likeness (QED) is 0.370. The fraction of sp³-hybridized carbons (Fsp3) is 0. The van der Waals surface area contributed by atoms with Crippen molar-refractivity contribution >= 4 is 58.8 Å². The molecule has 0 aromatic heterocycles.